The molecule has 1 amide bonds. The van der Waals surface area contributed by atoms with Gasteiger partial charge in [0.2, 0.25) is 5.91 Å². The summed E-state index contributed by atoms with van der Waals surface area (Å²) in [5.74, 6) is 0.240. The van der Waals surface area contributed by atoms with Gasteiger partial charge >= 0.3 is 0 Å². The van der Waals surface area contributed by atoms with Crippen molar-refractivity contribution in [3.05, 3.63) is 29.6 Å². The molecule has 4 nitrogen and oxygen atoms in total. The minimum atomic E-state index is -0.269. The zero-order chi connectivity index (χ0) is 16.8. The molecule has 128 valence electrons. The van der Waals surface area contributed by atoms with Crippen molar-refractivity contribution in [1.29, 1.82) is 0 Å². The van der Waals surface area contributed by atoms with Crippen LogP contribution in [0.15, 0.2) is 18.2 Å². The highest BCUT2D eigenvalue weighted by Crippen LogP contribution is 2.24. The summed E-state index contributed by atoms with van der Waals surface area (Å²) in [7, 11) is 0. The van der Waals surface area contributed by atoms with Crippen LogP contribution < -0.4 is 10.2 Å². The summed E-state index contributed by atoms with van der Waals surface area (Å²) in [5, 5.41) is 12.4. The number of piperidine rings is 1. The molecule has 2 N–H and O–H groups in total. The molecule has 1 heterocycles. The lowest BCUT2D eigenvalue weighted by Crippen LogP contribution is -2.36. The quantitative estimate of drug-likeness (QED) is 0.847. The molecule has 0 saturated carbocycles. The number of halogens is 1. The standard InChI is InChI=1S/C18H27FN2O2/c1-13(2)3-6-18(23)20-12-14-4-5-17(16(19)11-14)21-9-7-15(22)8-10-21/h4-5,11,13,15,22H,3,6-10,12H2,1-2H3,(H,20,23). The summed E-state index contributed by atoms with van der Waals surface area (Å²) < 4.78 is 14.3. The number of rotatable bonds is 6. The highest BCUT2D eigenvalue weighted by Gasteiger charge is 2.19. The highest BCUT2D eigenvalue weighted by molar-refractivity contribution is 5.75. The molecule has 0 unspecified atom stereocenters. The van der Waals surface area contributed by atoms with Gasteiger partial charge < -0.3 is 15.3 Å². The smallest absolute Gasteiger partial charge is 0.220 e. The predicted molar refractivity (Wildman–Crippen MR) is 89.8 cm³/mol. The fraction of sp³-hybridized carbons (Fsp3) is 0.611. The van der Waals surface area contributed by atoms with E-state index in [1.165, 1.54) is 6.07 Å². The molecule has 1 aromatic carbocycles. The van der Waals surface area contributed by atoms with Gasteiger partial charge in [0, 0.05) is 26.1 Å². The van der Waals surface area contributed by atoms with E-state index in [0.717, 1.165) is 12.0 Å². The Kier molecular flexibility index (Phi) is 6.39. The van der Waals surface area contributed by atoms with Crippen molar-refractivity contribution in [2.75, 3.05) is 18.0 Å². The molecule has 1 aliphatic rings. The summed E-state index contributed by atoms with van der Waals surface area (Å²) >= 11 is 0. The molecule has 1 aromatic rings. The number of nitrogens with one attached hydrogen (secondary N) is 1. The van der Waals surface area contributed by atoms with E-state index in [1.54, 1.807) is 6.07 Å². The van der Waals surface area contributed by atoms with Gasteiger partial charge in [-0.1, -0.05) is 19.9 Å². The average molecular weight is 322 g/mol. The highest BCUT2D eigenvalue weighted by atomic mass is 19.1. The summed E-state index contributed by atoms with van der Waals surface area (Å²) in [5.41, 5.74) is 1.34. The fourth-order valence-electron chi connectivity index (χ4n) is 2.73. The maximum Gasteiger partial charge on any atom is 0.220 e. The molecule has 0 aliphatic carbocycles. The lowest BCUT2D eigenvalue weighted by molar-refractivity contribution is -0.121. The van der Waals surface area contributed by atoms with Crippen molar-refractivity contribution in [3.63, 3.8) is 0 Å². The van der Waals surface area contributed by atoms with Gasteiger partial charge in [0.1, 0.15) is 5.82 Å². The van der Waals surface area contributed by atoms with Crippen molar-refractivity contribution in [2.45, 2.75) is 52.2 Å². The van der Waals surface area contributed by atoms with E-state index in [1.807, 2.05) is 11.0 Å². The van der Waals surface area contributed by atoms with Crippen molar-refractivity contribution < 1.29 is 14.3 Å². The van der Waals surface area contributed by atoms with Crippen molar-refractivity contribution in [3.8, 4) is 0 Å². The predicted octanol–water partition coefficient (Wildman–Crippen LogP) is 2.84. The maximum absolute atomic E-state index is 14.3. The molecule has 23 heavy (non-hydrogen) atoms. The van der Waals surface area contributed by atoms with Crippen LogP contribution in [0.3, 0.4) is 0 Å². The number of anilines is 1. The van der Waals surface area contributed by atoms with Gasteiger partial charge in [0.25, 0.3) is 0 Å². The van der Waals surface area contributed by atoms with Gasteiger partial charge in [-0.05, 0) is 42.9 Å². The van der Waals surface area contributed by atoms with E-state index in [9.17, 15) is 14.3 Å². The molecule has 0 spiro atoms. The maximum atomic E-state index is 14.3. The van der Waals surface area contributed by atoms with Crippen molar-refractivity contribution in [1.82, 2.24) is 5.32 Å². The van der Waals surface area contributed by atoms with Crippen LogP contribution in [0.4, 0.5) is 10.1 Å². The molecule has 1 aliphatic heterocycles. The third kappa shape index (κ3) is 5.50. The van der Waals surface area contributed by atoms with Gasteiger partial charge in [0.15, 0.2) is 0 Å². The van der Waals surface area contributed by atoms with E-state index in [-0.39, 0.29) is 17.8 Å². The second-order valence-electron chi connectivity index (χ2n) is 6.71. The Morgan fingerprint density at radius 3 is 2.70 bits per heavy atom. The number of hydrogen-bond donors (Lipinski definition) is 2. The van der Waals surface area contributed by atoms with E-state index in [4.69, 9.17) is 0 Å². The third-order valence-corrected chi connectivity index (χ3v) is 4.26. The van der Waals surface area contributed by atoms with Gasteiger partial charge in [0.05, 0.1) is 11.8 Å². The normalized spacial score (nSPS) is 16.0. The molecular formula is C18H27FN2O2. The number of hydrogen-bond acceptors (Lipinski definition) is 3. The summed E-state index contributed by atoms with van der Waals surface area (Å²) in [6.45, 7) is 5.86. The van der Waals surface area contributed by atoms with Gasteiger partial charge in [-0.3, -0.25) is 4.79 Å². The topological polar surface area (TPSA) is 52.6 Å². The first-order valence-corrected chi connectivity index (χ1v) is 8.44. The molecule has 0 aromatic heterocycles. The van der Waals surface area contributed by atoms with Crippen LogP contribution in [0.5, 0.6) is 0 Å². The van der Waals surface area contributed by atoms with E-state index < -0.39 is 0 Å². The summed E-state index contributed by atoms with van der Waals surface area (Å²) in [4.78, 5) is 13.7. The van der Waals surface area contributed by atoms with Crippen LogP contribution in [0, 0.1) is 11.7 Å². The lowest BCUT2D eigenvalue weighted by atomic mass is 10.1. The van der Waals surface area contributed by atoms with Gasteiger partial charge in [-0.25, -0.2) is 4.39 Å². The molecule has 0 atom stereocenters. The van der Waals surface area contributed by atoms with Crippen LogP contribution in [0.25, 0.3) is 0 Å². The first kappa shape index (κ1) is 17.7. The first-order valence-electron chi connectivity index (χ1n) is 8.44. The van der Waals surface area contributed by atoms with Gasteiger partial charge in [-0.15, -0.1) is 0 Å². The number of benzene rings is 1. The molecule has 0 bridgehead atoms. The monoisotopic (exact) mass is 322 g/mol. The first-order chi connectivity index (χ1) is 11.0. The minimum Gasteiger partial charge on any atom is -0.393 e. The Labute approximate surface area is 137 Å². The second kappa shape index (κ2) is 8.29. The molecule has 1 fully saturated rings. The fourth-order valence-corrected chi connectivity index (χ4v) is 2.73. The lowest BCUT2D eigenvalue weighted by Gasteiger charge is -2.31. The number of carbonyl (C=O) groups excluding carboxylic acids is 1. The Bertz CT molecular complexity index is 526. The molecule has 1 saturated heterocycles. The average Bonchev–Trinajstić information content (AvgIpc) is 2.52. The number of amides is 1. The van der Waals surface area contributed by atoms with Crippen LogP contribution in [-0.2, 0) is 11.3 Å². The number of aliphatic hydroxyl groups excluding tert-OH is 1. The molecule has 0 radical (unpaired) electrons. The number of aliphatic hydroxyl groups is 1. The molecule has 5 heteroatoms. The van der Waals surface area contributed by atoms with E-state index >= 15 is 0 Å². The van der Waals surface area contributed by atoms with Crippen molar-refractivity contribution >= 4 is 11.6 Å². The number of carbonyl (C=O) groups is 1. The van der Waals surface area contributed by atoms with Crippen LogP contribution >= 0.6 is 0 Å². The Balaban J connectivity index is 1.88. The largest absolute Gasteiger partial charge is 0.393 e. The van der Waals surface area contributed by atoms with Gasteiger partial charge in [-0.2, -0.15) is 0 Å². The van der Waals surface area contributed by atoms with E-state index in [0.29, 0.717) is 50.5 Å². The molecular weight excluding hydrogens is 295 g/mol. The minimum absolute atomic E-state index is 0.00760. The number of nitrogens with zero attached hydrogens (tertiary/aromatic N) is 1. The van der Waals surface area contributed by atoms with Crippen LogP contribution in [0.1, 0.15) is 45.1 Å². The Morgan fingerprint density at radius 1 is 1.39 bits per heavy atom. The Morgan fingerprint density at radius 2 is 2.09 bits per heavy atom. The zero-order valence-electron chi connectivity index (χ0n) is 14.0. The summed E-state index contributed by atoms with van der Waals surface area (Å²) in [6, 6.07) is 5.11. The third-order valence-electron chi connectivity index (χ3n) is 4.26. The summed E-state index contributed by atoms with van der Waals surface area (Å²) in [6.07, 6.45) is 2.45. The van der Waals surface area contributed by atoms with E-state index in [2.05, 4.69) is 19.2 Å². The van der Waals surface area contributed by atoms with Crippen LogP contribution in [-0.4, -0.2) is 30.2 Å². The van der Waals surface area contributed by atoms with Crippen molar-refractivity contribution in [2.24, 2.45) is 5.92 Å². The molecule has 2 rings (SSSR count). The van der Waals surface area contributed by atoms with Crippen LogP contribution in [0.2, 0.25) is 0 Å². The second-order valence-corrected chi connectivity index (χ2v) is 6.71. The SMILES string of the molecule is CC(C)CCC(=O)NCc1ccc(N2CCC(O)CC2)c(F)c1. The Hall–Kier alpha value is -1.62. The zero-order valence-corrected chi connectivity index (χ0v) is 14.0.